The molecule has 6 N–H and O–H groups in total. The fraction of sp³-hybridized carbons (Fsp3) is 0.778. The van der Waals surface area contributed by atoms with Crippen LogP contribution in [0.5, 0.6) is 0 Å². The topological polar surface area (TPSA) is 127 Å². The Morgan fingerprint density at radius 3 is 1.20 bits per heavy atom. The first-order valence-electron chi connectivity index (χ1n) is 4.10. The van der Waals surface area contributed by atoms with E-state index in [0.29, 0.717) is 0 Å². The molecule has 6 heteroatoms. The second-order valence-electron chi connectivity index (χ2n) is 2.80. The van der Waals surface area contributed by atoms with Crippen molar-refractivity contribution in [1.29, 1.82) is 0 Å². The summed E-state index contributed by atoms with van der Waals surface area (Å²) in [5.74, 6) is -0.356. The van der Waals surface area contributed by atoms with Crippen molar-refractivity contribution < 1.29 is 19.8 Å². The zero-order valence-electron chi connectivity index (χ0n) is 8.43. The van der Waals surface area contributed by atoms with Gasteiger partial charge in [-0.1, -0.05) is 7.43 Å². The van der Waals surface area contributed by atoms with E-state index >= 15 is 0 Å². The van der Waals surface area contributed by atoms with Gasteiger partial charge in [0.2, 0.25) is 0 Å². The predicted octanol–water partition coefficient (Wildman–Crippen LogP) is -1.57. The number of ketones is 2. The molecule has 15 heavy (non-hydrogen) atoms. The second-order valence-corrected chi connectivity index (χ2v) is 2.80. The highest BCUT2D eigenvalue weighted by Gasteiger charge is 2.03. The first-order valence-corrected chi connectivity index (χ1v) is 4.10. The number of nitrogens with two attached hydrogens (primary N) is 2. The summed E-state index contributed by atoms with van der Waals surface area (Å²) in [4.78, 5) is 20.2. The lowest BCUT2D eigenvalue weighted by atomic mass is 10.2. The molecule has 0 aromatic carbocycles. The van der Waals surface area contributed by atoms with Crippen molar-refractivity contribution in [3.8, 4) is 0 Å². The van der Waals surface area contributed by atoms with Gasteiger partial charge in [0, 0.05) is 0 Å². The van der Waals surface area contributed by atoms with Crippen molar-refractivity contribution in [3.05, 3.63) is 0 Å². The molecule has 92 valence electrons. The van der Waals surface area contributed by atoms with Crippen molar-refractivity contribution in [3.63, 3.8) is 0 Å². The van der Waals surface area contributed by atoms with Crippen LogP contribution in [0.1, 0.15) is 21.3 Å². The molecule has 0 fully saturated rings. The lowest BCUT2D eigenvalue weighted by Gasteiger charge is -1.98. The Hall–Kier alpha value is -0.820. The van der Waals surface area contributed by atoms with Crippen molar-refractivity contribution in [1.82, 2.24) is 0 Å². The molecule has 0 saturated carbocycles. The van der Waals surface area contributed by atoms with Crippen LogP contribution in [0.3, 0.4) is 0 Å². The zero-order chi connectivity index (χ0) is 11.7. The molecule has 0 bridgehead atoms. The Labute approximate surface area is 90.3 Å². The summed E-state index contributed by atoms with van der Waals surface area (Å²) < 4.78 is 0. The maximum atomic E-state index is 10.1. The standard InChI is InChI=1S/2C4H9NO2.CH4/c2*1-3(7)4(5)2-6;/h2*4,6H,2,5H2,1H3;1H4/t2*4-;/m00./s1. The van der Waals surface area contributed by atoms with Crippen molar-refractivity contribution in [2.45, 2.75) is 33.4 Å². The lowest BCUT2D eigenvalue weighted by molar-refractivity contribution is -0.119. The largest absolute Gasteiger partial charge is 0.394 e. The number of hydrogen-bond donors (Lipinski definition) is 4. The summed E-state index contributed by atoms with van der Waals surface area (Å²) in [7, 11) is 0. The molecule has 0 aliphatic heterocycles. The van der Waals surface area contributed by atoms with E-state index in [1.165, 1.54) is 13.8 Å². The number of carbonyl (C=O) groups is 2. The Morgan fingerprint density at radius 2 is 1.20 bits per heavy atom. The molecule has 0 rings (SSSR count). The molecule has 0 aliphatic rings. The van der Waals surface area contributed by atoms with Crippen LogP contribution in [0.4, 0.5) is 0 Å². The smallest absolute Gasteiger partial charge is 0.148 e. The molecule has 0 spiro atoms. The molecule has 2 atom stereocenters. The van der Waals surface area contributed by atoms with Gasteiger partial charge in [0.1, 0.15) is 11.6 Å². The van der Waals surface area contributed by atoms with Crippen LogP contribution in [0.2, 0.25) is 0 Å². The van der Waals surface area contributed by atoms with E-state index < -0.39 is 12.1 Å². The fourth-order valence-corrected chi connectivity index (χ4v) is 0.257. The zero-order valence-corrected chi connectivity index (χ0v) is 8.43. The number of aliphatic hydroxyl groups is 2. The Morgan fingerprint density at radius 1 is 1.00 bits per heavy atom. The summed E-state index contributed by atoms with van der Waals surface area (Å²) in [5, 5.41) is 16.3. The lowest BCUT2D eigenvalue weighted by Crippen LogP contribution is -2.31. The van der Waals surface area contributed by atoms with Gasteiger partial charge in [0.15, 0.2) is 0 Å². The highest BCUT2D eigenvalue weighted by molar-refractivity contribution is 5.81. The summed E-state index contributed by atoms with van der Waals surface area (Å²) >= 11 is 0. The molecular weight excluding hydrogens is 200 g/mol. The highest BCUT2D eigenvalue weighted by atomic mass is 16.3. The first kappa shape index (κ1) is 19.7. The number of rotatable bonds is 4. The summed E-state index contributed by atoms with van der Waals surface area (Å²) in [6.07, 6.45) is 0. The van der Waals surface area contributed by atoms with Crippen LogP contribution >= 0.6 is 0 Å². The van der Waals surface area contributed by atoms with E-state index in [4.69, 9.17) is 21.7 Å². The first-order chi connectivity index (χ1) is 6.36. The number of carbonyl (C=O) groups excluding carboxylic acids is 2. The molecule has 0 aliphatic carbocycles. The molecular formula is C9H22N2O4. The van der Waals surface area contributed by atoms with Gasteiger partial charge in [-0.05, 0) is 13.8 Å². The minimum Gasteiger partial charge on any atom is -0.394 e. The van der Waals surface area contributed by atoms with E-state index in [2.05, 4.69) is 0 Å². The fourth-order valence-electron chi connectivity index (χ4n) is 0.257. The van der Waals surface area contributed by atoms with Gasteiger partial charge >= 0.3 is 0 Å². The van der Waals surface area contributed by atoms with Crippen LogP contribution in [-0.2, 0) is 9.59 Å². The number of hydrogen-bond acceptors (Lipinski definition) is 6. The van der Waals surface area contributed by atoms with E-state index in [1.54, 1.807) is 0 Å². The van der Waals surface area contributed by atoms with Gasteiger partial charge in [-0.2, -0.15) is 0 Å². The van der Waals surface area contributed by atoms with E-state index in [9.17, 15) is 9.59 Å². The van der Waals surface area contributed by atoms with Gasteiger partial charge in [-0.15, -0.1) is 0 Å². The Bertz CT molecular complexity index is 165. The number of aliphatic hydroxyl groups excluding tert-OH is 2. The van der Waals surface area contributed by atoms with Gasteiger partial charge < -0.3 is 21.7 Å². The molecule has 0 unspecified atom stereocenters. The van der Waals surface area contributed by atoms with E-state index in [0.717, 1.165) is 0 Å². The highest BCUT2D eigenvalue weighted by Crippen LogP contribution is 1.75. The van der Waals surface area contributed by atoms with Gasteiger partial charge in [0.05, 0.1) is 25.3 Å². The third-order valence-electron chi connectivity index (χ3n) is 1.44. The molecule has 0 saturated heterocycles. The van der Waals surface area contributed by atoms with Crippen LogP contribution in [-0.4, -0.2) is 47.1 Å². The minimum absolute atomic E-state index is 0. The summed E-state index contributed by atoms with van der Waals surface area (Å²) in [6.45, 7) is 2.19. The second kappa shape index (κ2) is 11.3. The summed E-state index contributed by atoms with van der Waals surface area (Å²) in [5.41, 5.74) is 10.0. The molecule has 0 heterocycles. The summed E-state index contributed by atoms with van der Waals surface area (Å²) in [6, 6.07) is -1.36. The van der Waals surface area contributed by atoms with Gasteiger partial charge in [-0.3, -0.25) is 9.59 Å². The SMILES string of the molecule is C.CC(=O)[C@@H](N)CO.CC(=O)[C@@H](N)CO. The molecule has 6 nitrogen and oxygen atoms in total. The third kappa shape index (κ3) is 13.2. The van der Waals surface area contributed by atoms with Crippen molar-refractivity contribution >= 4 is 11.6 Å². The monoisotopic (exact) mass is 222 g/mol. The maximum Gasteiger partial charge on any atom is 0.148 e. The average Bonchev–Trinajstić information content (AvgIpc) is 2.15. The molecule has 0 aromatic rings. The quantitative estimate of drug-likeness (QED) is 0.455. The van der Waals surface area contributed by atoms with Crippen LogP contribution in [0.15, 0.2) is 0 Å². The third-order valence-corrected chi connectivity index (χ3v) is 1.44. The maximum absolute atomic E-state index is 10.1. The molecule has 0 amide bonds. The Kier molecular flexibility index (Phi) is 14.8. The van der Waals surface area contributed by atoms with Crippen molar-refractivity contribution in [2.24, 2.45) is 11.5 Å². The minimum atomic E-state index is -0.681. The molecule has 0 aromatic heterocycles. The van der Waals surface area contributed by atoms with Crippen molar-refractivity contribution in [2.75, 3.05) is 13.2 Å². The van der Waals surface area contributed by atoms with E-state index in [-0.39, 0.29) is 32.2 Å². The van der Waals surface area contributed by atoms with Crippen LogP contribution in [0, 0.1) is 0 Å². The van der Waals surface area contributed by atoms with Gasteiger partial charge in [-0.25, -0.2) is 0 Å². The number of Topliss-reactive ketones (excluding diaryl/α,β-unsaturated/α-hetero) is 2. The van der Waals surface area contributed by atoms with Crippen LogP contribution < -0.4 is 11.5 Å². The van der Waals surface area contributed by atoms with E-state index in [1.807, 2.05) is 0 Å². The van der Waals surface area contributed by atoms with Crippen LogP contribution in [0.25, 0.3) is 0 Å². The van der Waals surface area contributed by atoms with Gasteiger partial charge in [0.25, 0.3) is 0 Å². The normalized spacial score (nSPS) is 12.7. The Balaban J connectivity index is -0.000000180. The molecule has 0 radical (unpaired) electrons. The average molecular weight is 222 g/mol. The predicted molar refractivity (Wildman–Crippen MR) is 58.2 cm³/mol.